The summed E-state index contributed by atoms with van der Waals surface area (Å²) in [6.45, 7) is 5.89. The van der Waals surface area contributed by atoms with Crippen molar-refractivity contribution >= 4 is 28.5 Å². The van der Waals surface area contributed by atoms with Crippen LogP contribution in [0.3, 0.4) is 0 Å². The Morgan fingerprint density at radius 3 is 2.57 bits per heavy atom. The Balaban J connectivity index is 1.23. The van der Waals surface area contributed by atoms with Crippen LogP contribution in [0.15, 0.2) is 56.3 Å². The smallest absolute Gasteiger partial charge is 0.336 e. The average Bonchev–Trinajstić information content (AvgIpc) is 3.36. The first kappa shape index (κ1) is 23.4. The maximum absolute atomic E-state index is 13.4. The third-order valence-electron chi connectivity index (χ3n) is 7.25. The summed E-state index contributed by atoms with van der Waals surface area (Å²) in [6, 6.07) is 10.6. The fraction of sp³-hybridized carbons (Fsp3) is 0.444. The Hall–Kier alpha value is -3.39. The van der Waals surface area contributed by atoms with Crippen molar-refractivity contribution < 1.29 is 18.4 Å². The first-order valence-corrected chi connectivity index (χ1v) is 12.4. The summed E-state index contributed by atoms with van der Waals surface area (Å²) in [5.41, 5.74) is 1.77. The molecule has 1 aromatic carbocycles. The van der Waals surface area contributed by atoms with Crippen LogP contribution in [0.25, 0.3) is 11.0 Å². The van der Waals surface area contributed by atoms with Crippen LogP contribution in [0, 0.1) is 12.8 Å². The van der Waals surface area contributed by atoms with Crippen LogP contribution >= 0.6 is 0 Å². The fourth-order valence-electron chi connectivity index (χ4n) is 4.89. The second-order valence-corrected chi connectivity index (χ2v) is 9.59. The first-order chi connectivity index (χ1) is 17.0. The van der Waals surface area contributed by atoms with Crippen molar-refractivity contribution in [1.29, 1.82) is 0 Å². The Labute approximate surface area is 204 Å². The van der Waals surface area contributed by atoms with Gasteiger partial charge in [0.05, 0.1) is 6.26 Å². The van der Waals surface area contributed by atoms with Crippen LogP contribution in [0.4, 0.5) is 5.69 Å². The van der Waals surface area contributed by atoms with Gasteiger partial charge in [-0.25, -0.2) is 4.79 Å². The molecule has 0 atom stereocenters. The van der Waals surface area contributed by atoms with Gasteiger partial charge in [0.25, 0.3) is 5.91 Å². The zero-order valence-corrected chi connectivity index (χ0v) is 20.1. The van der Waals surface area contributed by atoms with E-state index >= 15 is 0 Å². The topological polar surface area (TPSA) is 87.2 Å². The van der Waals surface area contributed by atoms with Crippen LogP contribution in [0.2, 0.25) is 0 Å². The number of amides is 2. The van der Waals surface area contributed by atoms with Gasteiger partial charge in [-0.15, -0.1) is 0 Å². The summed E-state index contributed by atoms with van der Waals surface area (Å²) in [5, 5.41) is 0.881. The molecule has 0 unspecified atom stereocenters. The minimum Gasteiger partial charge on any atom is -0.459 e. The van der Waals surface area contributed by atoms with Crippen LogP contribution in [0.1, 0.15) is 41.8 Å². The SMILES string of the molecule is Cc1cc(=O)oc2cc(N(CC3CCC3)C(=O)CCN3CCN(C(=O)c4ccco4)CC3)ccc12. The number of hydrogen-bond acceptors (Lipinski definition) is 6. The Morgan fingerprint density at radius 2 is 1.89 bits per heavy atom. The summed E-state index contributed by atoms with van der Waals surface area (Å²) >= 11 is 0. The molecule has 2 aliphatic rings. The van der Waals surface area contributed by atoms with Gasteiger partial charge in [-0.1, -0.05) is 6.42 Å². The quantitative estimate of drug-likeness (QED) is 0.483. The molecule has 35 heavy (non-hydrogen) atoms. The molecule has 1 saturated carbocycles. The molecule has 3 aromatic rings. The van der Waals surface area contributed by atoms with Gasteiger partial charge in [0, 0.05) is 68.9 Å². The zero-order chi connectivity index (χ0) is 24.4. The van der Waals surface area contributed by atoms with E-state index in [0.29, 0.717) is 49.9 Å². The molecule has 8 heteroatoms. The van der Waals surface area contributed by atoms with Gasteiger partial charge in [-0.3, -0.25) is 14.5 Å². The largest absolute Gasteiger partial charge is 0.459 e. The second-order valence-electron chi connectivity index (χ2n) is 9.59. The minimum absolute atomic E-state index is 0.0698. The summed E-state index contributed by atoms with van der Waals surface area (Å²) < 4.78 is 10.7. The fourth-order valence-corrected chi connectivity index (χ4v) is 4.89. The summed E-state index contributed by atoms with van der Waals surface area (Å²) in [4.78, 5) is 43.6. The lowest BCUT2D eigenvalue weighted by atomic mass is 9.85. The molecule has 184 valence electrons. The molecule has 0 radical (unpaired) electrons. The van der Waals surface area contributed by atoms with Crippen molar-refractivity contribution in [2.45, 2.75) is 32.6 Å². The molecule has 1 aliphatic heterocycles. The third-order valence-corrected chi connectivity index (χ3v) is 7.25. The number of benzene rings is 1. The Bertz CT molecular complexity index is 1250. The van der Waals surface area contributed by atoms with E-state index in [2.05, 4.69) is 4.90 Å². The molecule has 1 aliphatic carbocycles. The van der Waals surface area contributed by atoms with Gasteiger partial charge in [0.15, 0.2) is 5.76 Å². The number of carbonyl (C=O) groups is 2. The van der Waals surface area contributed by atoms with Crippen LogP contribution in [-0.4, -0.2) is 60.9 Å². The summed E-state index contributed by atoms with van der Waals surface area (Å²) in [5.74, 6) is 0.855. The van der Waals surface area contributed by atoms with E-state index in [1.165, 1.54) is 18.8 Å². The number of piperazine rings is 1. The second kappa shape index (κ2) is 10.1. The Kier molecular flexibility index (Phi) is 6.72. The van der Waals surface area contributed by atoms with E-state index in [4.69, 9.17) is 8.83 Å². The van der Waals surface area contributed by atoms with Gasteiger partial charge in [-0.2, -0.15) is 0 Å². The number of aryl methyl sites for hydroxylation is 1. The number of nitrogens with zero attached hydrogens (tertiary/aromatic N) is 3. The van der Waals surface area contributed by atoms with E-state index in [1.54, 1.807) is 17.0 Å². The summed E-state index contributed by atoms with van der Waals surface area (Å²) in [6.07, 6.45) is 5.39. The van der Waals surface area contributed by atoms with E-state index < -0.39 is 0 Å². The van der Waals surface area contributed by atoms with Gasteiger partial charge in [0.2, 0.25) is 5.91 Å². The van der Waals surface area contributed by atoms with E-state index in [9.17, 15) is 14.4 Å². The number of rotatable bonds is 7. The lowest BCUT2D eigenvalue weighted by Crippen LogP contribution is -2.49. The van der Waals surface area contributed by atoms with Crippen molar-refractivity contribution in [3.63, 3.8) is 0 Å². The van der Waals surface area contributed by atoms with Crippen molar-refractivity contribution in [1.82, 2.24) is 9.80 Å². The van der Waals surface area contributed by atoms with E-state index in [-0.39, 0.29) is 17.4 Å². The average molecular weight is 478 g/mol. The Morgan fingerprint density at radius 1 is 1.09 bits per heavy atom. The lowest BCUT2D eigenvalue weighted by Gasteiger charge is -2.35. The predicted octanol–water partition coefficient (Wildman–Crippen LogP) is 3.68. The van der Waals surface area contributed by atoms with Gasteiger partial charge in [0.1, 0.15) is 5.58 Å². The molecule has 0 bridgehead atoms. The highest BCUT2D eigenvalue weighted by atomic mass is 16.4. The molecular weight excluding hydrogens is 446 g/mol. The zero-order valence-electron chi connectivity index (χ0n) is 20.1. The van der Waals surface area contributed by atoms with Crippen LogP contribution in [0.5, 0.6) is 0 Å². The predicted molar refractivity (Wildman–Crippen MR) is 133 cm³/mol. The molecule has 2 fully saturated rings. The molecule has 2 amide bonds. The molecule has 5 rings (SSSR count). The van der Waals surface area contributed by atoms with Crippen molar-refractivity contribution in [3.8, 4) is 0 Å². The standard InChI is InChI=1S/C27H31N3O5/c1-19-16-26(32)35-24-17-21(7-8-22(19)24)30(18-20-4-2-5-20)25(31)9-10-28-11-13-29(14-12-28)27(33)23-6-3-15-34-23/h3,6-8,15-17,20H,2,4-5,9-14,18H2,1H3. The highest BCUT2D eigenvalue weighted by Crippen LogP contribution is 2.31. The van der Waals surface area contributed by atoms with E-state index in [1.807, 2.05) is 30.0 Å². The maximum atomic E-state index is 13.4. The molecule has 0 spiro atoms. The monoisotopic (exact) mass is 477 g/mol. The van der Waals surface area contributed by atoms with Crippen molar-refractivity contribution in [2.24, 2.45) is 5.92 Å². The van der Waals surface area contributed by atoms with Crippen molar-refractivity contribution in [3.05, 3.63) is 64.4 Å². The number of furan rings is 1. The molecule has 2 aromatic heterocycles. The molecular formula is C27H31N3O5. The highest BCUT2D eigenvalue weighted by molar-refractivity contribution is 5.96. The van der Waals surface area contributed by atoms with Gasteiger partial charge < -0.3 is 18.6 Å². The number of hydrogen-bond donors (Lipinski definition) is 0. The highest BCUT2D eigenvalue weighted by Gasteiger charge is 2.27. The van der Waals surface area contributed by atoms with Crippen molar-refractivity contribution in [2.75, 3.05) is 44.2 Å². The maximum Gasteiger partial charge on any atom is 0.336 e. The van der Waals surface area contributed by atoms with E-state index in [0.717, 1.165) is 42.6 Å². The lowest BCUT2D eigenvalue weighted by molar-refractivity contribution is -0.119. The number of carbonyl (C=O) groups excluding carboxylic acids is 2. The molecule has 0 N–H and O–H groups in total. The normalized spacial score (nSPS) is 16.9. The number of fused-ring (bicyclic) bond motifs is 1. The molecule has 1 saturated heterocycles. The number of anilines is 1. The van der Waals surface area contributed by atoms with Crippen LogP contribution in [-0.2, 0) is 4.79 Å². The molecule has 8 nitrogen and oxygen atoms in total. The first-order valence-electron chi connectivity index (χ1n) is 12.4. The third kappa shape index (κ3) is 5.17. The van der Waals surface area contributed by atoms with Crippen LogP contribution < -0.4 is 10.5 Å². The summed E-state index contributed by atoms with van der Waals surface area (Å²) in [7, 11) is 0. The van der Waals surface area contributed by atoms with Gasteiger partial charge >= 0.3 is 5.63 Å². The van der Waals surface area contributed by atoms with Gasteiger partial charge in [-0.05, 0) is 55.5 Å². The minimum atomic E-state index is -0.381. The molecule has 3 heterocycles.